The SMILES string of the molecule is CNCC(Cc1ccccc1)Cc1ccccc1. The number of benzene rings is 2. The summed E-state index contributed by atoms with van der Waals surface area (Å²) in [7, 11) is 2.03. The van der Waals surface area contributed by atoms with E-state index in [4.69, 9.17) is 0 Å². The maximum Gasteiger partial charge on any atom is -0.00172 e. The van der Waals surface area contributed by atoms with Crippen molar-refractivity contribution in [2.45, 2.75) is 12.8 Å². The highest BCUT2D eigenvalue weighted by Crippen LogP contribution is 2.14. The third kappa shape index (κ3) is 4.01. The zero-order valence-corrected chi connectivity index (χ0v) is 11.0. The molecule has 0 bridgehead atoms. The first-order chi connectivity index (χ1) is 8.88. The molecule has 0 radical (unpaired) electrons. The van der Waals surface area contributed by atoms with Gasteiger partial charge in [0.1, 0.15) is 0 Å². The van der Waals surface area contributed by atoms with Gasteiger partial charge in [-0.1, -0.05) is 60.7 Å². The Kier molecular flexibility index (Phi) is 4.98. The van der Waals surface area contributed by atoms with Crippen LogP contribution < -0.4 is 5.32 Å². The molecule has 18 heavy (non-hydrogen) atoms. The lowest BCUT2D eigenvalue weighted by atomic mass is 9.92. The maximum absolute atomic E-state index is 3.31. The van der Waals surface area contributed by atoms with Crippen molar-refractivity contribution in [2.24, 2.45) is 5.92 Å². The minimum Gasteiger partial charge on any atom is -0.319 e. The highest BCUT2D eigenvalue weighted by Gasteiger charge is 2.09. The molecule has 0 amide bonds. The third-order valence-electron chi connectivity index (χ3n) is 3.23. The van der Waals surface area contributed by atoms with Gasteiger partial charge in [-0.15, -0.1) is 0 Å². The molecule has 0 atom stereocenters. The highest BCUT2D eigenvalue weighted by molar-refractivity contribution is 5.18. The zero-order chi connectivity index (χ0) is 12.6. The lowest BCUT2D eigenvalue weighted by Crippen LogP contribution is -2.22. The van der Waals surface area contributed by atoms with Gasteiger partial charge in [0.15, 0.2) is 0 Å². The van der Waals surface area contributed by atoms with E-state index >= 15 is 0 Å². The van der Waals surface area contributed by atoms with Gasteiger partial charge in [0.2, 0.25) is 0 Å². The van der Waals surface area contributed by atoms with Crippen LogP contribution in [-0.4, -0.2) is 13.6 Å². The van der Waals surface area contributed by atoms with Crippen molar-refractivity contribution in [2.75, 3.05) is 13.6 Å². The summed E-state index contributed by atoms with van der Waals surface area (Å²) in [6.45, 7) is 1.06. The molecule has 0 aromatic heterocycles. The molecule has 1 nitrogen and oxygen atoms in total. The predicted octanol–water partition coefficient (Wildman–Crippen LogP) is 3.31. The van der Waals surface area contributed by atoms with Gasteiger partial charge in [0.05, 0.1) is 0 Å². The lowest BCUT2D eigenvalue weighted by Gasteiger charge is -2.16. The van der Waals surface area contributed by atoms with Crippen LogP contribution in [0.4, 0.5) is 0 Å². The van der Waals surface area contributed by atoms with E-state index in [9.17, 15) is 0 Å². The Bertz CT molecular complexity index is 394. The second-order valence-corrected chi connectivity index (χ2v) is 4.80. The van der Waals surface area contributed by atoms with Gasteiger partial charge in [-0.2, -0.15) is 0 Å². The van der Waals surface area contributed by atoms with Crippen LogP contribution in [0.2, 0.25) is 0 Å². The predicted molar refractivity (Wildman–Crippen MR) is 77.7 cm³/mol. The van der Waals surface area contributed by atoms with Gasteiger partial charge in [-0.05, 0) is 43.5 Å². The van der Waals surface area contributed by atoms with Crippen LogP contribution in [0.15, 0.2) is 60.7 Å². The summed E-state index contributed by atoms with van der Waals surface area (Å²) < 4.78 is 0. The van der Waals surface area contributed by atoms with Gasteiger partial charge in [0, 0.05) is 0 Å². The summed E-state index contributed by atoms with van der Waals surface area (Å²) in [4.78, 5) is 0. The lowest BCUT2D eigenvalue weighted by molar-refractivity contribution is 0.493. The van der Waals surface area contributed by atoms with Crippen LogP contribution >= 0.6 is 0 Å². The second kappa shape index (κ2) is 6.97. The van der Waals surface area contributed by atoms with Crippen molar-refractivity contribution >= 4 is 0 Å². The summed E-state index contributed by atoms with van der Waals surface area (Å²) in [5.41, 5.74) is 2.85. The molecule has 0 saturated heterocycles. The molecule has 0 spiro atoms. The fraction of sp³-hybridized carbons (Fsp3) is 0.294. The molecule has 0 aliphatic heterocycles. The Hall–Kier alpha value is -1.60. The normalized spacial score (nSPS) is 10.8. The topological polar surface area (TPSA) is 12.0 Å². The Morgan fingerprint density at radius 1 is 0.778 bits per heavy atom. The van der Waals surface area contributed by atoms with Crippen LogP contribution in [0.3, 0.4) is 0 Å². The molecule has 2 aromatic rings. The van der Waals surface area contributed by atoms with Crippen molar-refractivity contribution in [1.29, 1.82) is 0 Å². The average molecular weight is 239 g/mol. The van der Waals surface area contributed by atoms with Crippen molar-refractivity contribution in [3.05, 3.63) is 71.8 Å². The first-order valence-corrected chi connectivity index (χ1v) is 6.61. The van der Waals surface area contributed by atoms with Gasteiger partial charge in [-0.25, -0.2) is 0 Å². The molecule has 1 heteroatoms. The number of rotatable bonds is 6. The van der Waals surface area contributed by atoms with E-state index in [-0.39, 0.29) is 0 Å². The van der Waals surface area contributed by atoms with E-state index in [1.54, 1.807) is 0 Å². The van der Waals surface area contributed by atoms with Crippen molar-refractivity contribution < 1.29 is 0 Å². The zero-order valence-electron chi connectivity index (χ0n) is 11.0. The van der Waals surface area contributed by atoms with Gasteiger partial charge < -0.3 is 5.32 Å². The standard InChI is InChI=1S/C17H21N/c1-18-14-17(12-15-8-4-2-5-9-15)13-16-10-6-3-7-11-16/h2-11,17-18H,12-14H2,1H3. The van der Waals surface area contributed by atoms with Crippen LogP contribution in [0.1, 0.15) is 11.1 Å². The van der Waals surface area contributed by atoms with Crippen molar-refractivity contribution in [3.8, 4) is 0 Å². The molecule has 2 rings (SSSR count). The monoisotopic (exact) mass is 239 g/mol. The van der Waals surface area contributed by atoms with E-state index in [1.807, 2.05) is 7.05 Å². The molecule has 94 valence electrons. The van der Waals surface area contributed by atoms with Crippen molar-refractivity contribution in [3.63, 3.8) is 0 Å². The summed E-state index contributed by atoms with van der Waals surface area (Å²) in [5.74, 6) is 0.653. The summed E-state index contributed by atoms with van der Waals surface area (Å²) >= 11 is 0. The van der Waals surface area contributed by atoms with Gasteiger partial charge in [-0.3, -0.25) is 0 Å². The Balaban J connectivity index is 2.00. The molecule has 0 aliphatic rings. The molecule has 0 heterocycles. The molecule has 2 aromatic carbocycles. The molecule has 0 saturated carbocycles. The van der Waals surface area contributed by atoms with Crippen LogP contribution in [0.5, 0.6) is 0 Å². The second-order valence-electron chi connectivity index (χ2n) is 4.80. The summed E-state index contributed by atoms with van der Waals surface area (Å²) in [5, 5.41) is 3.31. The average Bonchev–Trinajstić information content (AvgIpc) is 2.41. The minimum absolute atomic E-state index is 0.653. The van der Waals surface area contributed by atoms with Crippen LogP contribution in [-0.2, 0) is 12.8 Å². The van der Waals surface area contributed by atoms with E-state index in [2.05, 4.69) is 66.0 Å². The molecule has 1 N–H and O–H groups in total. The van der Waals surface area contributed by atoms with Gasteiger partial charge >= 0.3 is 0 Å². The maximum atomic E-state index is 3.31. The molecular formula is C17H21N. The quantitative estimate of drug-likeness (QED) is 0.815. The molecular weight excluding hydrogens is 218 g/mol. The molecule has 0 aliphatic carbocycles. The van der Waals surface area contributed by atoms with E-state index in [0.29, 0.717) is 5.92 Å². The smallest absolute Gasteiger partial charge is 0.00172 e. The van der Waals surface area contributed by atoms with Crippen LogP contribution in [0.25, 0.3) is 0 Å². The Morgan fingerprint density at radius 3 is 1.61 bits per heavy atom. The van der Waals surface area contributed by atoms with E-state index < -0.39 is 0 Å². The minimum atomic E-state index is 0.653. The Labute approximate surface area is 110 Å². The fourth-order valence-electron chi connectivity index (χ4n) is 2.40. The fourth-order valence-corrected chi connectivity index (χ4v) is 2.40. The first-order valence-electron chi connectivity index (χ1n) is 6.61. The molecule has 0 fully saturated rings. The third-order valence-corrected chi connectivity index (χ3v) is 3.23. The number of nitrogens with one attached hydrogen (secondary N) is 1. The van der Waals surface area contributed by atoms with Gasteiger partial charge in [0.25, 0.3) is 0 Å². The van der Waals surface area contributed by atoms with E-state index in [0.717, 1.165) is 19.4 Å². The number of hydrogen-bond donors (Lipinski definition) is 1. The largest absolute Gasteiger partial charge is 0.319 e. The Morgan fingerprint density at radius 2 is 1.22 bits per heavy atom. The first kappa shape index (κ1) is 12.8. The van der Waals surface area contributed by atoms with Crippen LogP contribution in [0, 0.1) is 5.92 Å². The summed E-state index contributed by atoms with van der Waals surface area (Å²) in [6, 6.07) is 21.5. The van der Waals surface area contributed by atoms with E-state index in [1.165, 1.54) is 11.1 Å². The highest BCUT2D eigenvalue weighted by atomic mass is 14.8. The number of hydrogen-bond acceptors (Lipinski definition) is 1. The van der Waals surface area contributed by atoms with Crippen molar-refractivity contribution in [1.82, 2.24) is 5.32 Å². The molecule has 0 unspecified atom stereocenters. The summed E-state index contributed by atoms with van der Waals surface area (Å²) in [6.07, 6.45) is 2.27.